The first-order chi connectivity index (χ1) is 8.35. The van der Waals surface area contributed by atoms with Gasteiger partial charge in [0.25, 0.3) is 0 Å². The summed E-state index contributed by atoms with van der Waals surface area (Å²) in [4.78, 5) is 5.59. The average Bonchev–Trinajstić information content (AvgIpc) is 2.87. The minimum Gasteiger partial charge on any atom is -0.222 e. The van der Waals surface area contributed by atoms with Crippen LogP contribution in [0.5, 0.6) is 0 Å². The Hall–Kier alpha value is -1.68. The zero-order valence-electron chi connectivity index (χ0n) is 9.63. The van der Waals surface area contributed by atoms with Gasteiger partial charge in [-0.25, -0.2) is 9.50 Å². The smallest absolute Gasteiger partial charge is 0.212 e. The fourth-order valence-corrected chi connectivity index (χ4v) is 2.65. The molecule has 0 radical (unpaired) electrons. The highest BCUT2D eigenvalue weighted by Crippen LogP contribution is 2.16. The van der Waals surface area contributed by atoms with Gasteiger partial charge in [0.15, 0.2) is 0 Å². The van der Waals surface area contributed by atoms with Gasteiger partial charge in [-0.1, -0.05) is 48.6 Å². The van der Waals surface area contributed by atoms with Crippen LogP contribution in [0, 0.1) is 0 Å². The largest absolute Gasteiger partial charge is 0.222 e. The van der Waals surface area contributed by atoms with Crippen molar-refractivity contribution >= 4 is 16.3 Å². The fraction of sp³-hybridized carbons (Fsp3) is 0.231. The molecule has 3 rings (SSSR count). The second-order valence-electron chi connectivity index (χ2n) is 3.97. The molecule has 0 bridgehead atoms. The zero-order chi connectivity index (χ0) is 11.7. The number of nitrogens with zero attached hydrogens (tertiary/aromatic N) is 3. The maximum Gasteiger partial charge on any atom is 0.212 e. The molecule has 0 saturated carbocycles. The molecule has 0 aliphatic rings. The van der Waals surface area contributed by atoms with Crippen LogP contribution < -0.4 is 0 Å². The highest BCUT2D eigenvalue weighted by atomic mass is 32.1. The molecule has 1 aromatic carbocycles. The van der Waals surface area contributed by atoms with Crippen molar-refractivity contribution in [3.63, 3.8) is 0 Å². The molecule has 0 N–H and O–H groups in total. The number of benzene rings is 1. The van der Waals surface area contributed by atoms with Crippen LogP contribution in [0.25, 0.3) is 4.96 Å². The first kappa shape index (κ1) is 10.5. The van der Waals surface area contributed by atoms with Gasteiger partial charge >= 0.3 is 0 Å². The summed E-state index contributed by atoms with van der Waals surface area (Å²) < 4.78 is 1.89. The topological polar surface area (TPSA) is 30.2 Å². The van der Waals surface area contributed by atoms with Crippen molar-refractivity contribution in [3.8, 4) is 0 Å². The molecule has 17 heavy (non-hydrogen) atoms. The van der Waals surface area contributed by atoms with Crippen LogP contribution >= 0.6 is 11.3 Å². The third-order valence-corrected chi connectivity index (χ3v) is 3.73. The van der Waals surface area contributed by atoms with Crippen molar-refractivity contribution in [2.24, 2.45) is 0 Å². The molecular formula is C13H13N3S. The SMILES string of the molecule is CCc1nn2cc(Cc3ccccc3)nc2s1. The van der Waals surface area contributed by atoms with Crippen molar-refractivity contribution in [1.29, 1.82) is 0 Å². The van der Waals surface area contributed by atoms with E-state index < -0.39 is 0 Å². The van der Waals surface area contributed by atoms with Crippen molar-refractivity contribution < 1.29 is 0 Å². The highest BCUT2D eigenvalue weighted by Gasteiger charge is 2.07. The third kappa shape index (κ3) is 2.08. The lowest BCUT2D eigenvalue weighted by atomic mass is 10.1. The van der Waals surface area contributed by atoms with Crippen LogP contribution in [-0.2, 0) is 12.8 Å². The van der Waals surface area contributed by atoms with E-state index in [1.54, 1.807) is 11.3 Å². The molecule has 0 atom stereocenters. The molecule has 0 aliphatic carbocycles. The summed E-state index contributed by atoms with van der Waals surface area (Å²) in [7, 11) is 0. The van der Waals surface area contributed by atoms with E-state index in [0.717, 1.165) is 28.5 Å². The lowest BCUT2D eigenvalue weighted by Gasteiger charge is -1.95. The quantitative estimate of drug-likeness (QED) is 0.708. The second-order valence-corrected chi connectivity index (χ2v) is 5.01. The number of imidazole rings is 1. The number of aromatic nitrogens is 3. The maximum atomic E-state index is 4.60. The molecule has 0 amide bonds. The monoisotopic (exact) mass is 243 g/mol. The van der Waals surface area contributed by atoms with E-state index in [0.29, 0.717) is 0 Å². The molecule has 2 heterocycles. The first-order valence-corrected chi connectivity index (χ1v) is 6.54. The Bertz CT molecular complexity index is 593. The Balaban J connectivity index is 1.89. The molecule has 3 nitrogen and oxygen atoms in total. The Morgan fingerprint density at radius 1 is 1.24 bits per heavy atom. The zero-order valence-corrected chi connectivity index (χ0v) is 10.4. The second kappa shape index (κ2) is 4.30. The summed E-state index contributed by atoms with van der Waals surface area (Å²) >= 11 is 1.67. The van der Waals surface area contributed by atoms with Gasteiger partial charge in [-0.05, 0) is 12.0 Å². The predicted octanol–water partition coefficient (Wildman–Crippen LogP) is 2.94. The van der Waals surface area contributed by atoms with Gasteiger partial charge < -0.3 is 0 Å². The Kier molecular flexibility index (Phi) is 2.65. The van der Waals surface area contributed by atoms with Crippen LogP contribution in [-0.4, -0.2) is 14.6 Å². The summed E-state index contributed by atoms with van der Waals surface area (Å²) in [5.41, 5.74) is 2.37. The Morgan fingerprint density at radius 2 is 2.06 bits per heavy atom. The number of rotatable bonds is 3. The molecule has 0 aliphatic heterocycles. The molecule has 2 aromatic heterocycles. The van der Waals surface area contributed by atoms with E-state index >= 15 is 0 Å². The molecule has 0 fully saturated rings. The van der Waals surface area contributed by atoms with Gasteiger partial charge in [0.1, 0.15) is 5.01 Å². The van der Waals surface area contributed by atoms with Gasteiger partial charge in [-0.3, -0.25) is 0 Å². The predicted molar refractivity (Wildman–Crippen MR) is 69.5 cm³/mol. The van der Waals surface area contributed by atoms with E-state index in [4.69, 9.17) is 0 Å². The lowest BCUT2D eigenvalue weighted by Crippen LogP contribution is -1.88. The average molecular weight is 243 g/mol. The number of hydrogen-bond donors (Lipinski definition) is 0. The fourth-order valence-electron chi connectivity index (χ4n) is 1.82. The molecule has 3 aromatic rings. The standard InChI is InChI=1S/C13H13N3S/c1-2-12-15-16-9-11(14-13(16)17-12)8-10-6-4-3-5-7-10/h3-7,9H,2,8H2,1H3. The van der Waals surface area contributed by atoms with Gasteiger partial charge in [0.05, 0.1) is 11.9 Å². The van der Waals surface area contributed by atoms with E-state index in [2.05, 4.69) is 41.3 Å². The van der Waals surface area contributed by atoms with Gasteiger partial charge in [0, 0.05) is 6.42 Å². The first-order valence-electron chi connectivity index (χ1n) is 5.73. The highest BCUT2D eigenvalue weighted by molar-refractivity contribution is 7.16. The van der Waals surface area contributed by atoms with Crippen molar-refractivity contribution in [2.75, 3.05) is 0 Å². The lowest BCUT2D eigenvalue weighted by molar-refractivity contribution is 0.906. The summed E-state index contributed by atoms with van der Waals surface area (Å²) in [6.07, 6.45) is 3.87. The van der Waals surface area contributed by atoms with E-state index in [9.17, 15) is 0 Å². The van der Waals surface area contributed by atoms with Crippen LogP contribution in [0.1, 0.15) is 23.2 Å². The van der Waals surface area contributed by atoms with Crippen LogP contribution in [0.4, 0.5) is 0 Å². The van der Waals surface area contributed by atoms with E-state index in [1.807, 2.05) is 16.8 Å². The normalized spacial score (nSPS) is 11.1. The summed E-state index contributed by atoms with van der Waals surface area (Å²) in [5.74, 6) is 0. The van der Waals surface area contributed by atoms with Crippen molar-refractivity contribution in [1.82, 2.24) is 14.6 Å². The van der Waals surface area contributed by atoms with Crippen LogP contribution in [0.2, 0.25) is 0 Å². The van der Waals surface area contributed by atoms with Crippen molar-refractivity contribution in [2.45, 2.75) is 19.8 Å². The van der Waals surface area contributed by atoms with Crippen LogP contribution in [0.3, 0.4) is 0 Å². The third-order valence-electron chi connectivity index (χ3n) is 2.67. The molecule has 86 valence electrons. The maximum absolute atomic E-state index is 4.60. The van der Waals surface area contributed by atoms with Gasteiger partial charge in [0.2, 0.25) is 4.96 Å². The van der Waals surface area contributed by atoms with Crippen LogP contribution in [0.15, 0.2) is 36.5 Å². The molecule has 0 unspecified atom stereocenters. The number of aryl methyl sites for hydroxylation is 1. The van der Waals surface area contributed by atoms with E-state index in [-0.39, 0.29) is 0 Å². The molecule has 0 spiro atoms. The van der Waals surface area contributed by atoms with E-state index in [1.165, 1.54) is 5.56 Å². The minimum atomic E-state index is 0.873. The summed E-state index contributed by atoms with van der Waals surface area (Å²) in [6.45, 7) is 2.11. The Morgan fingerprint density at radius 3 is 2.76 bits per heavy atom. The number of hydrogen-bond acceptors (Lipinski definition) is 3. The van der Waals surface area contributed by atoms with Crippen molar-refractivity contribution in [3.05, 3.63) is 52.8 Å². The Labute approximate surface area is 104 Å². The number of fused-ring (bicyclic) bond motifs is 1. The van der Waals surface area contributed by atoms with Gasteiger partial charge in [-0.15, -0.1) is 0 Å². The summed E-state index contributed by atoms with van der Waals surface area (Å²) in [5, 5.41) is 5.60. The molecule has 0 saturated heterocycles. The summed E-state index contributed by atoms with van der Waals surface area (Å²) in [6, 6.07) is 10.4. The van der Waals surface area contributed by atoms with Gasteiger partial charge in [-0.2, -0.15) is 5.10 Å². The molecule has 4 heteroatoms. The minimum absolute atomic E-state index is 0.873. The molecular weight excluding hydrogens is 230 g/mol.